The van der Waals surface area contributed by atoms with Crippen LogP contribution in [0.15, 0.2) is 65.1 Å². The number of carboxylic acids is 1. The van der Waals surface area contributed by atoms with Gasteiger partial charge in [0.25, 0.3) is 5.91 Å². The molecule has 0 saturated heterocycles. The van der Waals surface area contributed by atoms with Crippen molar-refractivity contribution in [1.29, 1.82) is 0 Å². The predicted octanol–water partition coefficient (Wildman–Crippen LogP) is 4.54. The fourth-order valence-corrected chi connectivity index (χ4v) is 4.20. The molecular formula is C30H35N3O7. The van der Waals surface area contributed by atoms with E-state index in [1.807, 2.05) is 30.3 Å². The second-order valence-electron chi connectivity index (χ2n) is 9.33. The van der Waals surface area contributed by atoms with Crippen molar-refractivity contribution in [3.8, 4) is 11.3 Å². The lowest BCUT2D eigenvalue weighted by molar-refractivity contribution is -0.182. The molecule has 0 saturated carbocycles. The predicted molar refractivity (Wildman–Crippen MR) is 148 cm³/mol. The summed E-state index contributed by atoms with van der Waals surface area (Å²) in [5, 5.41) is 15.8. The number of unbranched alkanes of at least 4 members (excludes halogenated alkanes) is 2. The van der Waals surface area contributed by atoms with Crippen molar-refractivity contribution in [2.45, 2.75) is 46.1 Å². The van der Waals surface area contributed by atoms with Crippen LogP contribution in [0.3, 0.4) is 0 Å². The van der Waals surface area contributed by atoms with E-state index in [9.17, 15) is 24.3 Å². The van der Waals surface area contributed by atoms with Gasteiger partial charge in [-0.1, -0.05) is 68.7 Å². The van der Waals surface area contributed by atoms with Gasteiger partial charge in [0, 0.05) is 5.56 Å². The molecule has 1 heterocycles. The van der Waals surface area contributed by atoms with Gasteiger partial charge >= 0.3 is 5.97 Å². The Morgan fingerprint density at radius 3 is 2.50 bits per heavy atom. The van der Waals surface area contributed by atoms with Crippen LogP contribution in [0.2, 0.25) is 0 Å². The number of carbonyl (C=O) groups is 4. The Bertz CT molecular complexity index is 1290. The quantitative estimate of drug-likeness (QED) is 0.103. The number of furan rings is 1. The Labute approximate surface area is 233 Å². The van der Waals surface area contributed by atoms with Crippen molar-refractivity contribution >= 4 is 24.2 Å². The lowest BCUT2D eigenvalue weighted by Gasteiger charge is -2.23. The standard InChI is InChI=1S/C30H35N3O7/c1-3-4-6-12-23(17-33(20-34)39-18-22-10-7-5-8-11-22)28(35)31-19-32-29(36)27-16-15-26(40-27)24-13-9-14-25(21(24)2)30(37)38/h5,7-11,13-16,20,23H,3-4,6,12,17-19H2,1-2H3,(H,31,35)(H,32,36)(H,37,38). The van der Waals surface area contributed by atoms with Crippen LogP contribution in [0, 0.1) is 12.8 Å². The number of rotatable bonds is 16. The molecule has 212 valence electrons. The van der Waals surface area contributed by atoms with Gasteiger partial charge in [0.1, 0.15) is 12.4 Å². The number of nitrogens with zero attached hydrogens (tertiary/aromatic N) is 1. The Morgan fingerprint density at radius 2 is 1.80 bits per heavy atom. The molecule has 0 fully saturated rings. The van der Waals surface area contributed by atoms with Crippen LogP contribution >= 0.6 is 0 Å². The zero-order valence-electron chi connectivity index (χ0n) is 22.7. The number of hydrogen-bond acceptors (Lipinski definition) is 6. The molecule has 1 unspecified atom stereocenters. The molecule has 3 aromatic rings. The number of amides is 3. The van der Waals surface area contributed by atoms with E-state index in [4.69, 9.17) is 9.25 Å². The number of carbonyl (C=O) groups excluding carboxylic acids is 3. The summed E-state index contributed by atoms with van der Waals surface area (Å²) in [4.78, 5) is 54.2. The molecule has 3 amide bonds. The van der Waals surface area contributed by atoms with Crippen LogP contribution in [-0.4, -0.2) is 47.6 Å². The van der Waals surface area contributed by atoms with Crippen molar-refractivity contribution in [2.75, 3.05) is 13.2 Å². The van der Waals surface area contributed by atoms with Gasteiger partial charge in [-0.05, 0) is 42.7 Å². The van der Waals surface area contributed by atoms with E-state index in [-0.39, 0.29) is 37.1 Å². The van der Waals surface area contributed by atoms with Gasteiger partial charge in [0.05, 0.1) is 24.7 Å². The summed E-state index contributed by atoms with van der Waals surface area (Å²) in [7, 11) is 0. The van der Waals surface area contributed by atoms with E-state index in [0.29, 0.717) is 29.7 Å². The molecular weight excluding hydrogens is 514 g/mol. The van der Waals surface area contributed by atoms with Crippen LogP contribution in [0.4, 0.5) is 0 Å². The number of nitrogens with one attached hydrogen (secondary N) is 2. The second kappa shape index (κ2) is 15.2. The zero-order chi connectivity index (χ0) is 28.9. The summed E-state index contributed by atoms with van der Waals surface area (Å²) >= 11 is 0. The number of aromatic carboxylic acids is 1. The van der Waals surface area contributed by atoms with E-state index >= 15 is 0 Å². The third-order valence-electron chi connectivity index (χ3n) is 6.46. The van der Waals surface area contributed by atoms with Crippen LogP contribution in [0.5, 0.6) is 0 Å². The molecule has 0 aliphatic carbocycles. The molecule has 2 aromatic carbocycles. The Balaban J connectivity index is 1.56. The molecule has 10 nitrogen and oxygen atoms in total. The third-order valence-corrected chi connectivity index (χ3v) is 6.46. The minimum atomic E-state index is -1.05. The second-order valence-corrected chi connectivity index (χ2v) is 9.33. The smallest absolute Gasteiger partial charge is 0.335 e. The molecule has 0 aliphatic heterocycles. The summed E-state index contributed by atoms with van der Waals surface area (Å²) in [5.74, 6) is -2.05. The van der Waals surface area contributed by atoms with Gasteiger partial charge < -0.3 is 20.2 Å². The molecule has 0 spiro atoms. The molecule has 0 radical (unpaired) electrons. The molecule has 10 heteroatoms. The maximum atomic E-state index is 13.0. The zero-order valence-corrected chi connectivity index (χ0v) is 22.7. The lowest BCUT2D eigenvalue weighted by atomic mass is 10.0. The molecule has 3 rings (SSSR count). The number of hydrogen-bond donors (Lipinski definition) is 3. The highest BCUT2D eigenvalue weighted by molar-refractivity contribution is 5.93. The average molecular weight is 550 g/mol. The number of benzene rings is 2. The fourth-order valence-electron chi connectivity index (χ4n) is 4.20. The van der Waals surface area contributed by atoms with Crippen molar-refractivity contribution < 1.29 is 33.5 Å². The average Bonchev–Trinajstić information content (AvgIpc) is 3.45. The Kier molecular flexibility index (Phi) is 11.5. The van der Waals surface area contributed by atoms with E-state index < -0.39 is 17.8 Å². The number of carboxylic acid groups (broad SMARTS) is 1. The highest BCUT2D eigenvalue weighted by Crippen LogP contribution is 2.27. The van der Waals surface area contributed by atoms with Gasteiger partial charge in [-0.3, -0.25) is 19.2 Å². The van der Waals surface area contributed by atoms with E-state index in [1.165, 1.54) is 12.1 Å². The Morgan fingerprint density at radius 1 is 1.02 bits per heavy atom. The molecule has 40 heavy (non-hydrogen) atoms. The maximum absolute atomic E-state index is 13.0. The van der Waals surface area contributed by atoms with Crippen LogP contribution in [-0.2, 0) is 21.0 Å². The van der Waals surface area contributed by atoms with Gasteiger partial charge in [-0.15, -0.1) is 0 Å². The summed E-state index contributed by atoms with van der Waals surface area (Å²) in [6.07, 6.45) is 3.86. The van der Waals surface area contributed by atoms with Crippen molar-refractivity contribution in [2.24, 2.45) is 5.92 Å². The van der Waals surface area contributed by atoms with Gasteiger partial charge in [0.15, 0.2) is 5.76 Å². The largest absolute Gasteiger partial charge is 0.478 e. The number of hydroxylamine groups is 2. The Hall–Kier alpha value is -4.44. The first-order valence-electron chi connectivity index (χ1n) is 13.2. The van der Waals surface area contributed by atoms with Gasteiger partial charge in [0.2, 0.25) is 12.3 Å². The highest BCUT2D eigenvalue weighted by atomic mass is 16.7. The van der Waals surface area contributed by atoms with Crippen molar-refractivity contribution in [3.05, 3.63) is 83.1 Å². The van der Waals surface area contributed by atoms with Crippen molar-refractivity contribution in [3.63, 3.8) is 0 Å². The summed E-state index contributed by atoms with van der Waals surface area (Å²) < 4.78 is 5.67. The SMILES string of the molecule is CCCCCC(CN(C=O)OCc1ccccc1)C(=O)NCNC(=O)c1ccc(-c2cccc(C(=O)O)c2C)o1. The first-order chi connectivity index (χ1) is 19.3. The van der Waals surface area contributed by atoms with Crippen LogP contribution in [0.25, 0.3) is 11.3 Å². The van der Waals surface area contributed by atoms with Crippen LogP contribution in [0.1, 0.15) is 64.6 Å². The monoisotopic (exact) mass is 549 g/mol. The van der Waals surface area contributed by atoms with E-state index in [2.05, 4.69) is 17.6 Å². The third kappa shape index (κ3) is 8.54. The minimum Gasteiger partial charge on any atom is -0.478 e. The molecule has 0 aliphatic rings. The molecule has 3 N–H and O–H groups in total. The topological polar surface area (TPSA) is 138 Å². The summed E-state index contributed by atoms with van der Waals surface area (Å²) in [5.41, 5.74) is 2.13. The van der Waals surface area contributed by atoms with Crippen LogP contribution < -0.4 is 10.6 Å². The highest BCUT2D eigenvalue weighted by Gasteiger charge is 2.22. The molecule has 0 bridgehead atoms. The molecule has 1 aromatic heterocycles. The fraction of sp³-hybridized carbons (Fsp3) is 0.333. The first-order valence-corrected chi connectivity index (χ1v) is 13.2. The normalized spacial score (nSPS) is 11.4. The van der Waals surface area contributed by atoms with E-state index in [0.717, 1.165) is 29.9 Å². The minimum absolute atomic E-state index is 0.0188. The van der Waals surface area contributed by atoms with Crippen molar-refractivity contribution in [1.82, 2.24) is 15.7 Å². The first kappa shape index (κ1) is 30.1. The van der Waals surface area contributed by atoms with E-state index in [1.54, 1.807) is 25.1 Å². The maximum Gasteiger partial charge on any atom is 0.335 e. The molecule has 1 atom stereocenters. The van der Waals surface area contributed by atoms with Gasteiger partial charge in [-0.25, -0.2) is 9.86 Å². The lowest BCUT2D eigenvalue weighted by Crippen LogP contribution is -2.43. The summed E-state index contributed by atoms with van der Waals surface area (Å²) in [6.45, 7) is 3.87. The summed E-state index contributed by atoms with van der Waals surface area (Å²) in [6, 6.07) is 17.3. The van der Waals surface area contributed by atoms with Gasteiger partial charge in [-0.2, -0.15) is 0 Å².